The maximum atomic E-state index is 10.6. The second-order valence-corrected chi connectivity index (χ2v) is 5.14. The Morgan fingerprint density at radius 1 is 1.47 bits per heavy atom. The van der Waals surface area contributed by atoms with E-state index in [2.05, 4.69) is 0 Å². The maximum absolute atomic E-state index is 10.6. The molecule has 0 aromatic heterocycles. The Morgan fingerprint density at radius 2 is 2.07 bits per heavy atom. The molecule has 0 spiro atoms. The molecule has 1 rings (SSSR count). The molecule has 7 heteroatoms. The van der Waals surface area contributed by atoms with E-state index < -0.39 is 21.5 Å². The van der Waals surface area contributed by atoms with Gasteiger partial charge in [-0.25, -0.2) is 8.42 Å². The second-order valence-electron chi connectivity index (χ2n) is 3.67. The van der Waals surface area contributed by atoms with E-state index in [9.17, 15) is 18.1 Å². The molecule has 0 amide bonds. The normalized spacial score (nSPS) is 29.3. The Kier molecular flexibility index (Phi) is 6.90. The molecule has 3 unspecified atom stereocenters. The molecule has 0 bridgehead atoms. The number of methoxy groups -OCH3 is 1. The van der Waals surface area contributed by atoms with Crippen molar-refractivity contribution in [1.29, 1.82) is 0 Å². The van der Waals surface area contributed by atoms with E-state index in [4.69, 9.17) is 4.74 Å². The Morgan fingerprint density at radius 3 is 2.53 bits per heavy atom. The van der Waals surface area contributed by atoms with E-state index in [0.717, 1.165) is 12.8 Å². The summed E-state index contributed by atoms with van der Waals surface area (Å²) in [4.78, 5) is 0. The van der Waals surface area contributed by atoms with E-state index >= 15 is 0 Å². The van der Waals surface area contributed by atoms with Gasteiger partial charge in [0, 0.05) is 13.0 Å². The predicted octanol–water partition coefficient (Wildman–Crippen LogP) is -2.94. The fourth-order valence-electron chi connectivity index (χ4n) is 1.89. The van der Waals surface area contributed by atoms with Crippen LogP contribution in [-0.4, -0.2) is 36.7 Å². The molecule has 1 aliphatic carbocycles. The van der Waals surface area contributed by atoms with Crippen LogP contribution in [0.15, 0.2) is 0 Å². The molecule has 1 N–H and O–H groups in total. The molecular weight excluding hydrogens is 231 g/mol. The van der Waals surface area contributed by atoms with Gasteiger partial charge in [0.05, 0.1) is 6.10 Å². The molecule has 1 aliphatic rings. The Labute approximate surface area is 112 Å². The summed E-state index contributed by atoms with van der Waals surface area (Å²) in [5.74, 6) is -0.476. The van der Waals surface area contributed by atoms with Gasteiger partial charge in [-0.2, -0.15) is 0 Å². The zero-order chi connectivity index (χ0) is 10.8. The number of rotatable bonds is 3. The Balaban J connectivity index is 0.00000196. The Bertz CT molecular complexity index is 279. The molecule has 0 saturated heterocycles. The molecule has 0 aromatic carbocycles. The third-order valence-corrected chi connectivity index (χ3v) is 3.68. The van der Waals surface area contributed by atoms with Gasteiger partial charge in [0.15, 0.2) is 0 Å². The fourth-order valence-corrected chi connectivity index (χ4v) is 2.61. The van der Waals surface area contributed by atoms with Crippen molar-refractivity contribution in [3.8, 4) is 0 Å². The molecule has 5 nitrogen and oxygen atoms in total. The third-order valence-electron chi connectivity index (χ3n) is 2.70. The largest absolute Gasteiger partial charge is 1.00 e. The SMILES string of the molecule is COC1CCCC(C(O)S(=O)(=O)[O-])C1.[Na+]. The summed E-state index contributed by atoms with van der Waals surface area (Å²) >= 11 is 0. The quantitative estimate of drug-likeness (QED) is 0.425. The predicted molar refractivity (Wildman–Crippen MR) is 48.5 cm³/mol. The molecule has 1 saturated carbocycles. The van der Waals surface area contributed by atoms with Gasteiger partial charge in [-0.15, -0.1) is 0 Å². The summed E-state index contributed by atoms with van der Waals surface area (Å²) in [6, 6.07) is 0. The third kappa shape index (κ3) is 4.68. The van der Waals surface area contributed by atoms with Gasteiger partial charge in [-0.3, -0.25) is 0 Å². The maximum Gasteiger partial charge on any atom is 1.00 e. The van der Waals surface area contributed by atoms with Gasteiger partial charge in [0.25, 0.3) is 0 Å². The first kappa shape index (κ1) is 15.8. The number of hydrogen-bond acceptors (Lipinski definition) is 5. The van der Waals surface area contributed by atoms with Crippen molar-refractivity contribution < 1.29 is 52.4 Å². The van der Waals surface area contributed by atoms with Gasteiger partial charge >= 0.3 is 29.6 Å². The topological polar surface area (TPSA) is 86.7 Å². The summed E-state index contributed by atoms with van der Waals surface area (Å²) in [6.45, 7) is 0. The van der Waals surface area contributed by atoms with Crippen LogP contribution in [0.1, 0.15) is 25.7 Å². The number of aliphatic hydroxyl groups is 1. The zero-order valence-corrected chi connectivity index (χ0v) is 11.9. The van der Waals surface area contributed by atoms with Crippen molar-refractivity contribution >= 4 is 10.1 Å². The first-order valence-corrected chi connectivity index (χ1v) is 6.08. The van der Waals surface area contributed by atoms with Crippen LogP contribution < -0.4 is 29.6 Å². The van der Waals surface area contributed by atoms with Gasteiger partial charge in [0.2, 0.25) is 0 Å². The second kappa shape index (κ2) is 6.54. The van der Waals surface area contributed by atoms with Crippen LogP contribution in [-0.2, 0) is 14.9 Å². The molecular formula is C8H15NaO5S. The molecule has 0 aromatic rings. The summed E-state index contributed by atoms with van der Waals surface area (Å²) in [7, 11) is -3.04. The molecule has 0 radical (unpaired) electrons. The summed E-state index contributed by atoms with van der Waals surface area (Å²) in [5.41, 5.74) is -1.78. The van der Waals surface area contributed by atoms with Gasteiger partial charge in [-0.1, -0.05) is 6.42 Å². The molecule has 0 aliphatic heterocycles. The zero-order valence-electron chi connectivity index (χ0n) is 9.05. The van der Waals surface area contributed by atoms with Crippen LogP contribution in [0.25, 0.3) is 0 Å². The first-order chi connectivity index (χ1) is 6.45. The van der Waals surface area contributed by atoms with Crippen molar-refractivity contribution in [3.05, 3.63) is 0 Å². The van der Waals surface area contributed by atoms with E-state index in [1.807, 2.05) is 0 Å². The van der Waals surface area contributed by atoms with Crippen LogP contribution in [0.5, 0.6) is 0 Å². The summed E-state index contributed by atoms with van der Waals surface area (Å²) < 4.78 is 36.8. The monoisotopic (exact) mass is 246 g/mol. The fraction of sp³-hybridized carbons (Fsp3) is 1.00. The average Bonchev–Trinajstić information content (AvgIpc) is 2.15. The minimum atomic E-state index is -4.58. The van der Waals surface area contributed by atoms with Crippen LogP contribution in [0, 0.1) is 5.92 Å². The minimum absolute atomic E-state index is 0. The van der Waals surface area contributed by atoms with Crippen molar-refractivity contribution in [2.75, 3.05) is 7.11 Å². The van der Waals surface area contributed by atoms with Crippen molar-refractivity contribution in [1.82, 2.24) is 0 Å². The number of aliphatic hydroxyl groups excluding tert-OH is 1. The summed E-state index contributed by atoms with van der Waals surface area (Å²) in [6.07, 6.45) is 2.63. The first-order valence-electron chi connectivity index (χ1n) is 4.60. The van der Waals surface area contributed by atoms with E-state index in [-0.39, 0.29) is 35.7 Å². The number of ether oxygens (including phenoxy) is 1. The van der Waals surface area contributed by atoms with E-state index in [0.29, 0.717) is 12.8 Å². The van der Waals surface area contributed by atoms with Crippen molar-refractivity contribution in [2.24, 2.45) is 5.92 Å². The summed E-state index contributed by atoms with van der Waals surface area (Å²) in [5, 5.41) is 9.27. The molecule has 15 heavy (non-hydrogen) atoms. The van der Waals surface area contributed by atoms with E-state index in [1.54, 1.807) is 7.11 Å². The van der Waals surface area contributed by atoms with Gasteiger partial charge in [-0.05, 0) is 19.3 Å². The molecule has 1 fully saturated rings. The van der Waals surface area contributed by atoms with Crippen LogP contribution >= 0.6 is 0 Å². The van der Waals surface area contributed by atoms with Crippen LogP contribution in [0.2, 0.25) is 0 Å². The number of hydrogen-bond donors (Lipinski definition) is 1. The van der Waals surface area contributed by atoms with Crippen LogP contribution in [0.4, 0.5) is 0 Å². The van der Waals surface area contributed by atoms with Crippen molar-refractivity contribution in [3.63, 3.8) is 0 Å². The van der Waals surface area contributed by atoms with Crippen molar-refractivity contribution in [2.45, 2.75) is 37.2 Å². The van der Waals surface area contributed by atoms with Gasteiger partial charge < -0.3 is 14.4 Å². The standard InChI is InChI=1S/C8H16O5S.Na/c1-13-7-4-2-3-6(5-7)8(9)14(10,11)12;/h6-9H,2-5H2,1H3,(H,10,11,12);/q;+1/p-1. The average molecular weight is 246 g/mol. The van der Waals surface area contributed by atoms with Gasteiger partial charge in [0.1, 0.15) is 15.6 Å². The molecule has 84 valence electrons. The molecule has 3 atom stereocenters. The molecule has 0 heterocycles. The van der Waals surface area contributed by atoms with E-state index in [1.165, 1.54) is 0 Å². The van der Waals surface area contributed by atoms with Crippen LogP contribution in [0.3, 0.4) is 0 Å². The Hall–Kier alpha value is 0.830. The minimum Gasteiger partial charge on any atom is -0.746 e. The smallest absolute Gasteiger partial charge is 0.746 e.